The average Bonchev–Trinajstić information content (AvgIpc) is 2.51. The zero-order chi connectivity index (χ0) is 17.5. The summed E-state index contributed by atoms with van der Waals surface area (Å²) in [5, 5.41) is 8.40. The third-order valence-electron chi connectivity index (χ3n) is 3.01. The van der Waals surface area contributed by atoms with Gasteiger partial charge in [-0.15, -0.1) is 0 Å². The van der Waals surface area contributed by atoms with Gasteiger partial charge in [0.25, 0.3) is 0 Å². The molecule has 0 spiro atoms. The third-order valence-corrected chi connectivity index (χ3v) is 4.01. The van der Waals surface area contributed by atoms with E-state index in [0.717, 1.165) is 36.2 Å². The topological polar surface area (TPSA) is 61.8 Å². The molecule has 1 rings (SSSR count). The minimum atomic E-state index is -4.55. The first-order chi connectivity index (χ1) is 10.8. The lowest BCUT2D eigenvalue weighted by Crippen LogP contribution is -2.32. The number of alkyl halides is 3. The molecule has 0 aliphatic heterocycles. The standard InChI is InChI=1S/C15H17F4N3S/c1-2-10(8-20)7-13(9-21)23-22-14(15(17,18)19)11-3-5-12(16)6-4-11/h3-7,13-14,22H,2,9,21H2,1H3/b10-7+. The molecule has 0 radical (unpaired) electrons. The fraction of sp³-hybridized carbons (Fsp3) is 0.400. The van der Waals surface area contributed by atoms with Crippen LogP contribution in [0.5, 0.6) is 0 Å². The van der Waals surface area contributed by atoms with Crippen LogP contribution in [-0.4, -0.2) is 18.0 Å². The molecule has 3 nitrogen and oxygen atoms in total. The van der Waals surface area contributed by atoms with Gasteiger partial charge in [-0.25, -0.2) is 9.11 Å². The lowest BCUT2D eigenvalue weighted by molar-refractivity contribution is -0.152. The van der Waals surface area contributed by atoms with Crippen molar-refractivity contribution in [2.45, 2.75) is 30.8 Å². The zero-order valence-corrected chi connectivity index (χ0v) is 13.2. The number of allylic oxidation sites excluding steroid dienone is 1. The normalized spacial score (nSPS) is 15.1. The molecule has 0 aromatic heterocycles. The van der Waals surface area contributed by atoms with Gasteiger partial charge in [0.2, 0.25) is 0 Å². The third kappa shape index (κ3) is 6.22. The largest absolute Gasteiger partial charge is 0.408 e. The first-order valence-electron chi connectivity index (χ1n) is 6.86. The zero-order valence-electron chi connectivity index (χ0n) is 12.4. The van der Waals surface area contributed by atoms with Crippen molar-refractivity contribution in [2.75, 3.05) is 6.54 Å². The summed E-state index contributed by atoms with van der Waals surface area (Å²) in [4.78, 5) is 0. The number of nitriles is 1. The minimum Gasteiger partial charge on any atom is -0.329 e. The van der Waals surface area contributed by atoms with Crippen LogP contribution in [-0.2, 0) is 0 Å². The van der Waals surface area contributed by atoms with Crippen LogP contribution in [0.4, 0.5) is 17.6 Å². The highest BCUT2D eigenvalue weighted by Gasteiger charge is 2.41. The van der Waals surface area contributed by atoms with Gasteiger partial charge in [-0.05, 0) is 24.1 Å². The van der Waals surface area contributed by atoms with Crippen LogP contribution in [0, 0.1) is 17.1 Å². The second-order valence-corrected chi connectivity index (χ2v) is 5.77. The molecule has 0 aliphatic carbocycles. The van der Waals surface area contributed by atoms with E-state index in [0.29, 0.717) is 12.0 Å². The number of hydrogen-bond donors (Lipinski definition) is 2. The second kappa shape index (κ2) is 8.91. The monoisotopic (exact) mass is 347 g/mol. The smallest absolute Gasteiger partial charge is 0.329 e. The van der Waals surface area contributed by atoms with Gasteiger partial charge in [-0.3, -0.25) is 0 Å². The van der Waals surface area contributed by atoms with Crippen molar-refractivity contribution in [1.82, 2.24) is 4.72 Å². The Balaban J connectivity index is 2.89. The van der Waals surface area contributed by atoms with Gasteiger partial charge in [0, 0.05) is 12.1 Å². The summed E-state index contributed by atoms with van der Waals surface area (Å²) in [5.74, 6) is -0.605. The molecule has 2 atom stereocenters. The van der Waals surface area contributed by atoms with Crippen molar-refractivity contribution < 1.29 is 17.6 Å². The summed E-state index contributed by atoms with van der Waals surface area (Å²) in [6, 6.07) is 4.14. The maximum atomic E-state index is 13.2. The van der Waals surface area contributed by atoms with E-state index in [4.69, 9.17) is 11.0 Å². The number of nitrogens with one attached hydrogen (secondary N) is 1. The van der Waals surface area contributed by atoms with E-state index < -0.39 is 23.3 Å². The molecule has 0 bridgehead atoms. The molecule has 2 unspecified atom stereocenters. The molecule has 0 amide bonds. The van der Waals surface area contributed by atoms with Crippen molar-refractivity contribution in [2.24, 2.45) is 5.73 Å². The van der Waals surface area contributed by atoms with Crippen LogP contribution in [0.25, 0.3) is 0 Å². The fourth-order valence-electron chi connectivity index (χ4n) is 1.74. The van der Waals surface area contributed by atoms with Gasteiger partial charge in [-0.1, -0.05) is 37.1 Å². The summed E-state index contributed by atoms with van der Waals surface area (Å²) in [6.45, 7) is 1.86. The quantitative estimate of drug-likeness (QED) is 0.447. The van der Waals surface area contributed by atoms with Gasteiger partial charge >= 0.3 is 6.18 Å². The summed E-state index contributed by atoms with van der Waals surface area (Å²) in [5.41, 5.74) is 5.90. The highest BCUT2D eigenvalue weighted by atomic mass is 32.2. The maximum Gasteiger partial charge on any atom is 0.408 e. The molecule has 0 aliphatic rings. The Bertz CT molecular complexity index is 564. The van der Waals surface area contributed by atoms with Crippen molar-refractivity contribution in [3.8, 4) is 6.07 Å². The molecular formula is C15H17F4N3S. The number of halogens is 4. The molecule has 8 heteroatoms. The molecule has 3 N–H and O–H groups in total. The molecule has 0 heterocycles. The average molecular weight is 347 g/mol. The predicted molar refractivity (Wildman–Crippen MR) is 82.8 cm³/mol. The molecule has 0 saturated heterocycles. The van der Waals surface area contributed by atoms with E-state index in [-0.39, 0.29) is 12.1 Å². The Hall–Kier alpha value is -1.56. The summed E-state index contributed by atoms with van der Waals surface area (Å²) in [6.07, 6.45) is -2.51. The van der Waals surface area contributed by atoms with E-state index in [2.05, 4.69) is 4.72 Å². The molecule has 0 saturated carbocycles. The number of nitrogens with zero attached hydrogens (tertiary/aromatic N) is 1. The van der Waals surface area contributed by atoms with Gasteiger partial charge in [0.15, 0.2) is 0 Å². The van der Waals surface area contributed by atoms with Crippen LogP contribution in [0.15, 0.2) is 35.9 Å². The molecular weight excluding hydrogens is 330 g/mol. The van der Waals surface area contributed by atoms with Crippen molar-refractivity contribution >= 4 is 11.9 Å². The van der Waals surface area contributed by atoms with Crippen molar-refractivity contribution in [3.63, 3.8) is 0 Å². The summed E-state index contributed by atoms with van der Waals surface area (Å²) in [7, 11) is 0. The van der Waals surface area contributed by atoms with E-state index in [1.165, 1.54) is 0 Å². The number of benzene rings is 1. The Kier molecular flexibility index (Phi) is 7.55. The number of rotatable bonds is 7. The van der Waals surface area contributed by atoms with Crippen molar-refractivity contribution in [3.05, 3.63) is 47.3 Å². The van der Waals surface area contributed by atoms with Crippen LogP contribution in [0.3, 0.4) is 0 Å². The first-order valence-corrected chi connectivity index (χ1v) is 7.74. The lowest BCUT2D eigenvalue weighted by Gasteiger charge is -2.23. The molecule has 1 aromatic rings. The lowest BCUT2D eigenvalue weighted by atomic mass is 10.1. The summed E-state index contributed by atoms with van der Waals surface area (Å²) >= 11 is 0.798. The van der Waals surface area contributed by atoms with Gasteiger partial charge in [0.1, 0.15) is 11.9 Å². The number of nitrogens with two attached hydrogens (primary N) is 1. The van der Waals surface area contributed by atoms with E-state index in [1.54, 1.807) is 13.0 Å². The van der Waals surface area contributed by atoms with Gasteiger partial charge in [-0.2, -0.15) is 18.4 Å². The van der Waals surface area contributed by atoms with Gasteiger partial charge < -0.3 is 5.73 Å². The fourth-order valence-corrected chi connectivity index (χ4v) is 2.65. The Morgan fingerprint density at radius 2 is 2.00 bits per heavy atom. The van der Waals surface area contributed by atoms with Crippen LogP contribution in [0.1, 0.15) is 24.9 Å². The van der Waals surface area contributed by atoms with Crippen molar-refractivity contribution in [1.29, 1.82) is 5.26 Å². The SMILES string of the molecule is CC/C(C#N)=C\C(CN)SNC(c1ccc(F)cc1)C(F)(F)F. The highest BCUT2D eigenvalue weighted by Crippen LogP contribution is 2.34. The van der Waals surface area contributed by atoms with E-state index >= 15 is 0 Å². The van der Waals surface area contributed by atoms with Crippen LogP contribution < -0.4 is 10.5 Å². The van der Waals surface area contributed by atoms with E-state index in [1.807, 2.05) is 6.07 Å². The van der Waals surface area contributed by atoms with Gasteiger partial charge in [0.05, 0.1) is 11.3 Å². The highest BCUT2D eigenvalue weighted by molar-refractivity contribution is 7.98. The molecule has 23 heavy (non-hydrogen) atoms. The van der Waals surface area contributed by atoms with E-state index in [9.17, 15) is 17.6 Å². The molecule has 126 valence electrons. The number of hydrogen-bond acceptors (Lipinski definition) is 4. The maximum absolute atomic E-state index is 13.2. The Labute approximate surface area is 136 Å². The first kappa shape index (κ1) is 19.5. The Morgan fingerprint density at radius 3 is 2.43 bits per heavy atom. The van der Waals surface area contributed by atoms with Crippen LogP contribution in [0.2, 0.25) is 0 Å². The second-order valence-electron chi connectivity index (χ2n) is 4.69. The summed E-state index contributed by atoms with van der Waals surface area (Å²) < 4.78 is 54.8. The molecule has 1 aromatic carbocycles. The van der Waals surface area contributed by atoms with Crippen LogP contribution >= 0.6 is 11.9 Å². The minimum absolute atomic E-state index is 0.0802. The Morgan fingerprint density at radius 1 is 1.39 bits per heavy atom. The predicted octanol–water partition coefficient (Wildman–Crippen LogP) is 3.85. The molecule has 0 fully saturated rings.